The van der Waals surface area contributed by atoms with Gasteiger partial charge < -0.3 is 15.4 Å². The Morgan fingerprint density at radius 2 is 1.50 bits per heavy atom. The Labute approximate surface area is 163 Å². The van der Waals surface area contributed by atoms with Gasteiger partial charge >= 0.3 is 0 Å². The van der Waals surface area contributed by atoms with Crippen molar-refractivity contribution in [3.8, 4) is 5.75 Å². The molecule has 0 aliphatic rings. The number of nitrogens with zero attached hydrogens (tertiary/aromatic N) is 1. The average molecular weight is 375 g/mol. The van der Waals surface area contributed by atoms with Gasteiger partial charge in [-0.3, -0.25) is 14.6 Å². The molecule has 1 heterocycles. The zero-order chi connectivity index (χ0) is 19.9. The van der Waals surface area contributed by atoms with E-state index in [1.165, 1.54) is 12.3 Å². The minimum Gasteiger partial charge on any atom is -0.494 e. The van der Waals surface area contributed by atoms with Gasteiger partial charge in [-0.15, -0.1) is 0 Å². The van der Waals surface area contributed by atoms with E-state index in [9.17, 15) is 9.59 Å². The normalized spacial score (nSPS) is 10.2. The maximum atomic E-state index is 12.5. The second kappa shape index (κ2) is 8.81. The largest absolute Gasteiger partial charge is 0.494 e. The minimum absolute atomic E-state index is 0.158. The van der Waals surface area contributed by atoms with Crippen LogP contribution in [0.1, 0.15) is 33.3 Å². The topological polar surface area (TPSA) is 80.3 Å². The third-order valence-electron chi connectivity index (χ3n) is 3.99. The van der Waals surface area contributed by atoms with Gasteiger partial charge in [-0.05, 0) is 62.4 Å². The highest BCUT2D eigenvalue weighted by atomic mass is 16.5. The number of carbonyl (C=O) groups is 2. The van der Waals surface area contributed by atoms with E-state index in [0.29, 0.717) is 23.5 Å². The molecule has 0 aliphatic heterocycles. The summed E-state index contributed by atoms with van der Waals surface area (Å²) in [6, 6.07) is 17.6. The summed E-state index contributed by atoms with van der Waals surface area (Å²) in [5, 5.41) is 5.57. The van der Waals surface area contributed by atoms with Crippen LogP contribution in [-0.4, -0.2) is 23.4 Å². The number of aromatic nitrogens is 1. The number of hydrogen-bond donors (Lipinski definition) is 2. The molecule has 142 valence electrons. The minimum atomic E-state index is -0.394. The Balaban J connectivity index is 1.68. The van der Waals surface area contributed by atoms with Crippen LogP contribution in [-0.2, 0) is 0 Å². The number of aryl methyl sites for hydroxylation is 1. The molecule has 3 rings (SSSR count). The highest BCUT2D eigenvalue weighted by Crippen LogP contribution is 2.17. The number of nitrogens with one attached hydrogen (secondary N) is 2. The van der Waals surface area contributed by atoms with E-state index in [4.69, 9.17) is 4.74 Å². The first-order valence-corrected chi connectivity index (χ1v) is 8.93. The number of amides is 2. The maximum absolute atomic E-state index is 12.5. The quantitative estimate of drug-likeness (QED) is 0.673. The van der Waals surface area contributed by atoms with Gasteiger partial charge in [0.05, 0.1) is 6.61 Å². The molecule has 2 amide bonds. The molecule has 0 fully saturated rings. The molecule has 0 atom stereocenters. The molecule has 0 radical (unpaired) electrons. The lowest BCUT2D eigenvalue weighted by Gasteiger charge is -2.08. The molecular weight excluding hydrogens is 354 g/mol. The summed E-state index contributed by atoms with van der Waals surface area (Å²) in [6.45, 7) is 4.46. The summed E-state index contributed by atoms with van der Waals surface area (Å²) >= 11 is 0. The summed E-state index contributed by atoms with van der Waals surface area (Å²) in [5.74, 6) is 0.0314. The van der Waals surface area contributed by atoms with Crippen LogP contribution >= 0.6 is 0 Å². The van der Waals surface area contributed by atoms with Crippen molar-refractivity contribution in [2.24, 2.45) is 0 Å². The molecule has 3 aromatic rings. The van der Waals surface area contributed by atoms with Gasteiger partial charge in [-0.1, -0.05) is 17.7 Å². The van der Waals surface area contributed by atoms with Gasteiger partial charge in [0.25, 0.3) is 11.8 Å². The van der Waals surface area contributed by atoms with Crippen LogP contribution in [0.2, 0.25) is 0 Å². The van der Waals surface area contributed by atoms with E-state index in [1.807, 2.05) is 38.1 Å². The number of anilines is 2. The second-order valence-electron chi connectivity index (χ2n) is 6.16. The molecule has 28 heavy (non-hydrogen) atoms. The fourth-order valence-corrected chi connectivity index (χ4v) is 2.53. The van der Waals surface area contributed by atoms with Gasteiger partial charge in [0.1, 0.15) is 11.4 Å². The van der Waals surface area contributed by atoms with Crippen molar-refractivity contribution in [1.29, 1.82) is 0 Å². The van der Waals surface area contributed by atoms with Gasteiger partial charge in [0, 0.05) is 23.1 Å². The van der Waals surface area contributed by atoms with Crippen molar-refractivity contribution in [3.05, 3.63) is 83.7 Å². The first kappa shape index (κ1) is 19.1. The van der Waals surface area contributed by atoms with Crippen LogP contribution in [0.25, 0.3) is 0 Å². The molecule has 2 aromatic carbocycles. The highest BCUT2D eigenvalue weighted by molar-refractivity contribution is 6.07. The predicted octanol–water partition coefficient (Wildman–Crippen LogP) is 4.29. The summed E-state index contributed by atoms with van der Waals surface area (Å²) < 4.78 is 5.38. The van der Waals surface area contributed by atoms with Crippen LogP contribution in [0.4, 0.5) is 11.4 Å². The fraction of sp³-hybridized carbons (Fsp3) is 0.136. The van der Waals surface area contributed by atoms with Crippen LogP contribution in [0.5, 0.6) is 5.75 Å². The Morgan fingerprint density at radius 1 is 0.893 bits per heavy atom. The number of hydrogen-bond acceptors (Lipinski definition) is 4. The summed E-state index contributed by atoms with van der Waals surface area (Å²) in [6.07, 6.45) is 1.44. The Hall–Kier alpha value is -3.67. The van der Waals surface area contributed by atoms with Crippen LogP contribution in [0, 0.1) is 6.92 Å². The number of ether oxygens (including phenoxy) is 1. The standard InChI is InChI=1S/C22H21N3O3/c1-3-28-19-10-8-18(9-11-19)25-22(27)20-14-16(12-13-23-20)21(26)24-17-6-4-15(2)5-7-17/h4-14H,3H2,1-2H3,(H,24,26)(H,25,27). The van der Waals surface area contributed by atoms with Crippen molar-refractivity contribution >= 4 is 23.2 Å². The van der Waals surface area contributed by atoms with Crippen LogP contribution in [0.15, 0.2) is 66.9 Å². The first-order valence-electron chi connectivity index (χ1n) is 8.93. The predicted molar refractivity (Wildman–Crippen MR) is 109 cm³/mol. The van der Waals surface area contributed by atoms with E-state index in [1.54, 1.807) is 30.3 Å². The van der Waals surface area contributed by atoms with Crippen molar-refractivity contribution in [2.75, 3.05) is 17.2 Å². The molecule has 0 saturated carbocycles. The summed E-state index contributed by atoms with van der Waals surface area (Å²) in [7, 11) is 0. The molecule has 0 unspecified atom stereocenters. The van der Waals surface area contributed by atoms with Crippen LogP contribution < -0.4 is 15.4 Å². The van der Waals surface area contributed by atoms with Crippen molar-refractivity contribution < 1.29 is 14.3 Å². The first-order chi connectivity index (χ1) is 13.5. The zero-order valence-corrected chi connectivity index (χ0v) is 15.7. The Kier molecular flexibility index (Phi) is 6.01. The van der Waals surface area contributed by atoms with Gasteiger partial charge in [0.2, 0.25) is 0 Å². The summed E-state index contributed by atoms with van der Waals surface area (Å²) in [4.78, 5) is 29.0. The summed E-state index contributed by atoms with van der Waals surface area (Å²) in [5.41, 5.74) is 2.92. The SMILES string of the molecule is CCOc1ccc(NC(=O)c2cc(C(=O)Nc3ccc(C)cc3)ccn2)cc1. The molecule has 6 nitrogen and oxygen atoms in total. The highest BCUT2D eigenvalue weighted by Gasteiger charge is 2.12. The third kappa shape index (κ3) is 4.94. The number of pyridine rings is 1. The lowest BCUT2D eigenvalue weighted by Crippen LogP contribution is -2.17. The molecule has 0 bridgehead atoms. The molecule has 6 heteroatoms. The van der Waals surface area contributed by atoms with E-state index < -0.39 is 5.91 Å². The van der Waals surface area contributed by atoms with E-state index in [0.717, 1.165) is 11.3 Å². The molecule has 2 N–H and O–H groups in total. The number of benzene rings is 2. The van der Waals surface area contributed by atoms with Gasteiger partial charge in [-0.2, -0.15) is 0 Å². The lowest BCUT2D eigenvalue weighted by atomic mass is 10.2. The van der Waals surface area contributed by atoms with Gasteiger partial charge in [0.15, 0.2) is 0 Å². The number of carbonyl (C=O) groups excluding carboxylic acids is 2. The molecule has 1 aromatic heterocycles. The maximum Gasteiger partial charge on any atom is 0.274 e. The molecule has 0 spiro atoms. The Bertz CT molecular complexity index is 967. The van der Waals surface area contributed by atoms with E-state index >= 15 is 0 Å². The van der Waals surface area contributed by atoms with Crippen molar-refractivity contribution in [2.45, 2.75) is 13.8 Å². The smallest absolute Gasteiger partial charge is 0.274 e. The van der Waals surface area contributed by atoms with E-state index in [-0.39, 0.29) is 11.6 Å². The molecular formula is C22H21N3O3. The van der Waals surface area contributed by atoms with Crippen LogP contribution in [0.3, 0.4) is 0 Å². The molecule has 0 saturated heterocycles. The zero-order valence-electron chi connectivity index (χ0n) is 15.7. The fourth-order valence-electron chi connectivity index (χ4n) is 2.53. The van der Waals surface area contributed by atoms with Crippen molar-refractivity contribution in [1.82, 2.24) is 4.98 Å². The van der Waals surface area contributed by atoms with E-state index in [2.05, 4.69) is 15.6 Å². The lowest BCUT2D eigenvalue weighted by molar-refractivity contribution is 0.102. The average Bonchev–Trinajstić information content (AvgIpc) is 2.71. The third-order valence-corrected chi connectivity index (χ3v) is 3.99. The van der Waals surface area contributed by atoms with Crippen molar-refractivity contribution in [3.63, 3.8) is 0 Å². The molecule has 0 aliphatic carbocycles. The Morgan fingerprint density at radius 3 is 2.14 bits per heavy atom. The van der Waals surface area contributed by atoms with Gasteiger partial charge in [-0.25, -0.2) is 0 Å². The number of rotatable bonds is 6. The second-order valence-corrected chi connectivity index (χ2v) is 6.16. The monoisotopic (exact) mass is 375 g/mol.